The number of rotatable bonds is 3. The molecular formula is C16H20ClN3. The molecule has 1 aliphatic carbocycles. The summed E-state index contributed by atoms with van der Waals surface area (Å²) in [5.41, 5.74) is 3.19. The average molecular weight is 290 g/mol. The summed E-state index contributed by atoms with van der Waals surface area (Å²) in [6, 6.07) is 6.61. The average Bonchev–Trinajstić information content (AvgIpc) is 3.03. The maximum absolute atomic E-state index is 6.35. The van der Waals surface area contributed by atoms with Gasteiger partial charge in [-0.05, 0) is 44.4 Å². The van der Waals surface area contributed by atoms with Gasteiger partial charge in [0.1, 0.15) is 0 Å². The van der Waals surface area contributed by atoms with Crippen molar-refractivity contribution in [1.29, 1.82) is 0 Å². The van der Waals surface area contributed by atoms with Crippen LogP contribution in [0.3, 0.4) is 0 Å². The highest BCUT2D eigenvalue weighted by Gasteiger charge is 2.18. The molecule has 1 aromatic heterocycles. The lowest BCUT2D eigenvalue weighted by Gasteiger charge is -2.15. The molecule has 0 spiro atoms. The first-order valence-electron chi connectivity index (χ1n) is 7.22. The Kier molecular flexibility index (Phi) is 3.70. The zero-order valence-electron chi connectivity index (χ0n) is 12.0. The summed E-state index contributed by atoms with van der Waals surface area (Å²) in [5.74, 6) is 0.905. The van der Waals surface area contributed by atoms with Crippen molar-refractivity contribution in [2.75, 3.05) is 5.32 Å². The summed E-state index contributed by atoms with van der Waals surface area (Å²) in [7, 11) is 0. The first-order chi connectivity index (χ1) is 9.63. The molecule has 1 fully saturated rings. The number of benzene rings is 1. The second kappa shape index (κ2) is 5.49. The van der Waals surface area contributed by atoms with E-state index in [9.17, 15) is 0 Å². The summed E-state index contributed by atoms with van der Waals surface area (Å²) < 4.78 is 2.07. The number of aromatic nitrogens is 2. The number of halogens is 1. The topological polar surface area (TPSA) is 29.9 Å². The molecule has 0 amide bonds. The van der Waals surface area contributed by atoms with E-state index in [0.717, 1.165) is 22.4 Å². The number of anilines is 1. The van der Waals surface area contributed by atoms with Gasteiger partial charge in [0.2, 0.25) is 5.95 Å². The molecule has 1 N–H and O–H groups in total. The Morgan fingerprint density at radius 2 is 2.00 bits per heavy atom. The van der Waals surface area contributed by atoms with Crippen molar-refractivity contribution >= 4 is 17.5 Å². The fourth-order valence-corrected chi connectivity index (χ4v) is 3.05. The number of imidazole rings is 1. The highest BCUT2D eigenvalue weighted by Crippen LogP contribution is 2.27. The van der Waals surface area contributed by atoms with Crippen LogP contribution in [0.15, 0.2) is 24.4 Å². The van der Waals surface area contributed by atoms with Gasteiger partial charge in [-0.15, -0.1) is 0 Å². The molecule has 1 heterocycles. The summed E-state index contributed by atoms with van der Waals surface area (Å²) in [5, 5.41) is 4.32. The standard InChI is InChI=1S/C16H20ClN3/c1-11-7-8-14(17)15(9-11)20-10-12(2)18-16(20)19-13-5-3-4-6-13/h7-10,13H,3-6H2,1-2H3,(H,18,19). The molecule has 0 unspecified atom stereocenters. The van der Waals surface area contributed by atoms with E-state index in [2.05, 4.69) is 27.9 Å². The van der Waals surface area contributed by atoms with Crippen LogP contribution in [-0.4, -0.2) is 15.6 Å². The maximum atomic E-state index is 6.35. The minimum Gasteiger partial charge on any atom is -0.353 e. The van der Waals surface area contributed by atoms with Gasteiger partial charge in [-0.2, -0.15) is 0 Å². The smallest absolute Gasteiger partial charge is 0.208 e. The predicted octanol–water partition coefficient (Wildman–Crippen LogP) is 4.50. The highest BCUT2D eigenvalue weighted by atomic mass is 35.5. The van der Waals surface area contributed by atoms with Gasteiger partial charge in [-0.25, -0.2) is 4.98 Å². The quantitative estimate of drug-likeness (QED) is 0.902. The van der Waals surface area contributed by atoms with Crippen LogP contribution in [0.4, 0.5) is 5.95 Å². The third-order valence-corrected chi connectivity index (χ3v) is 4.20. The van der Waals surface area contributed by atoms with E-state index < -0.39 is 0 Å². The minimum atomic E-state index is 0.541. The Bertz CT molecular complexity index is 612. The summed E-state index contributed by atoms with van der Waals surface area (Å²) in [6.07, 6.45) is 7.12. The van der Waals surface area contributed by atoms with Crippen LogP contribution in [-0.2, 0) is 0 Å². The molecule has 3 nitrogen and oxygen atoms in total. The fraction of sp³-hybridized carbons (Fsp3) is 0.438. The Morgan fingerprint density at radius 3 is 2.75 bits per heavy atom. The molecule has 4 heteroatoms. The number of nitrogens with one attached hydrogen (secondary N) is 1. The number of aryl methyl sites for hydroxylation is 2. The van der Waals surface area contributed by atoms with Gasteiger partial charge in [-0.3, -0.25) is 4.57 Å². The summed E-state index contributed by atoms with van der Waals surface area (Å²) >= 11 is 6.35. The number of hydrogen-bond donors (Lipinski definition) is 1. The Labute approximate surface area is 125 Å². The van der Waals surface area contributed by atoms with Gasteiger partial charge in [0.25, 0.3) is 0 Å². The summed E-state index contributed by atoms with van der Waals surface area (Å²) in [4.78, 5) is 4.61. The normalized spacial score (nSPS) is 15.8. The molecule has 1 aromatic carbocycles. The number of hydrogen-bond acceptors (Lipinski definition) is 2. The highest BCUT2D eigenvalue weighted by molar-refractivity contribution is 6.32. The van der Waals surface area contributed by atoms with E-state index >= 15 is 0 Å². The van der Waals surface area contributed by atoms with Crippen LogP contribution < -0.4 is 5.32 Å². The van der Waals surface area contributed by atoms with Crippen molar-refractivity contribution in [2.24, 2.45) is 0 Å². The lowest BCUT2D eigenvalue weighted by molar-refractivity contribution is 0.740. The molecule has 20 heavy (non-hydrogen) atoms. The van der Waals surface area contributed by atoms with Crippen molar-refractivity contribution in [2.45, 2.75) is 45.6 Å². The third-order valence-electron chi connectivity index (χ3n) is 3.88. The van der Waals surface area contributed by atoms with Crippen molar-refractivity contribution < 1.29 is 0 Å². The van der Waals surface area contributed by atoms with Crippen molar-refractivity contribution in [3.8, 4) is 5.69 Å². The molecule has 3 rings (SSSR count). The first kappa shape index (κ1) is 13.5. The molecule has 106 valence electrons. The van der Waals surface area contributed by atoms with E-state index in [1.54, 1.807) is 0 Å². The lowest BCUT2D eigenvalue weighted by atomic mass is 10.2. The van der Waals surface area contributed by atoms with Crippen LogP contribution in [0.25, 0.3) is 5.69 Å². The second-order valence-corrected chi connectivity index (χ2v) is 6.06. The lowest BCUT2D eigenvalue weighted by Crippen LogP contribution is -2.17. The van der Waals surface area contributed by atoms with Crippen molar-refractivity contribution in [3.63, 3.8) is 0 Å². The predicted molar refractivity (Wildman–Crippen MR) is 83.9 cm³/mol. The maximum Gasteiger partial charge on any atom is 0.208 e. The zero-order chi connectivity index (χ0) is 14.1. The second-order valence-electron chi connectivity index (χ2n) is 5.66. The molecular weight excluding hydrogens is 270 g/mol. The van der Waals surface area contributed by atoms with Crippen LogP contribution in [0.2, 0.25) is 5.02 Å². The molecule has 0 bridgehead atoms. The molecule has 0 saturated heterocycles. The Hall–Kier alpha value is -1.48. The van der Waals surface area contributed by atoms with Gasteiger partial charge in [0, 0.05) is 12.2 Å². The number of nitrogens with zero attached hydrogens (tertiary/aromatic N) is 2. The van der Waals surface area contributed by atoms with Crippen LogP contribution in [0, 0.1) is 13.8 Å². The summed E-state index contributed by atoms with van der Waals surface area (Å²) in [6.45, 7) is 4.09. The third kappa shape index (κ3) is 2.68. The fourth-order valence-electron chi connectivity index (χ4n) is 2.84. The van der Waals surface area contributed by atoms with Gasteiger partial charge < -0.3 is 5.32 Å². The molecule has 2 aromatic rings. The zero-order valence-corrected chi connectivity index (χ0v) is 12.7. The van der Waals surface area contributed by atoms with Gasteiger partial charge in [-0.1, -0.05) is 30.5 Å². The molecule has 1 saturated carbocycles. The van der Waals surface area contributed by atoms with E-state index in [1.807, 2.05) is 25.3 Å². The minimum absolute atomic E-state index is 0.541. The van der Waals surface area contributed by atoms with Gasteiger partial charge >= 0.3 is 0 Å². The van der Waals surface area contributed by atoms with Gasteiger partial charge in [0.05, 0.1) is 16.4 Å². The van der Waals surface area contributed by atoms with E-state index in [4.69, 9.17) is 11.6 Å². The van der Waals surface area contributed by atoms with E-state index in [1.165, 1.54) is 31.2 Å². The SMILES string of the molecule is Cc1ccc(Cl)c(-n2cc(C)nc2NC2CCCC2)c1. The Balaban J connectivity index is 1.97. The molecule has 0 atom stereocenters. The van der Waals surface area contributed by atoms with E-state index in [0.29, 0.717) is 6.04 Å². The van der Waals surface area contributed by atoms with Gasteiger partial charge in [0.15, 0.2) is 0 Å². The van der Waals surface area contributed by atoms with Crippen LogP contribution >= 0.6 is 11.6 Å². The van der Waals surface area contributed by atoms with Crippen LogP contribution in [0.1, 0.15) is 36.9 Å². The molecule has 0 aliphatic heterocycles. The Morgan fingerprint density at radius 1 is 1.25 bits per heavy atom. The monoisotopic (exact) mass is 289 g/mol. The van der Waals surface area contributed by atoms with Crippen molar-refractivity contribution in [3.05, 3.63) is 40.7 Å². The van der Waals surface area contributed by atoms with Crippen LogP contribution in [0.5, 0.6) is 0 Å². The largest absolute Gasteiger partial charge is 0.353 e. The van der Waals surface area contributed by atoms with E-state index in [-0.39, 0.29) is 0 Å². The first-order valence-corrected chi connectivity index (χ1v) is 7.60. The van der Waals surface area contributed by atoms with Crippen molar-refractivity contribution in [1.82, 2.24) is 9.55 Å². The molecule has 1 aliphatic rings. The molecule has 0 radical (unpaired) electrons.